The van der Waals surface area contributed by atoms with Gasteiger partial charge in [-0.15, -0.1) is 0 Å². The summed E-state index contributed by atoms with van der Waals surface area (Å²) in [6.07, 6.45) is 0. The van der Waals surface area contributed by atoms with Crippen molar-refractivity contribution in [2.45, 2.75) is 13.0 Å². The van der Waals surface area contributed by atoms with E-state index in [4.69, 9.17) is 16.6 Å². The van der Waals surface area contributed by atoms with Gasteiger partial charge < -0.3 is 9.80 Å². The van der Waals surface area contributed by atoms with Gasteiger partial charge in [-0.05, 0) is 57.4 Å². The molecule has 0 aliphatic heterocycles. The molecule has 0 spiro atoms. The van der Waals surface area contributed by atoms with Crippen LogP contribution in [0.15, 0.2) is 51.7 Å². The molecule has 158 valence electrons. The highest BCUT2D eigenvalue weighted by Gasteiger charge is 2.26. The summed E-state index contributed by atoms with van der Waals surface area (Å²) >= 11 is 9.48. The molecule has 0 N–H and O–H groups in total. The predicted molar refractivity (Wildman–Crippen MR) is 124 cm³/mol. The lowest BCUT2D eigenvalue weighted by atomic mass is 10.1. The van der Waals surface area contributed by atoms with Gasteiger partial charge in [0, 0.05) is 35.2 Å². The highest BCUT2D eigenvalue weighted by atomic mass is 79.9. The quantitative estimate of drug-likeness (QED) is 0.521. The summed E-state index contributed by atoms with van der Waals surface area (Å²) in [6, 6.07) is 12.0. The van der Waals surface area contributed by atoms with Crippen LogP contribution in [-0.2, 0) is 7.05 Å². The van der Waals surface area contributed by atoms with Crippen LogP contribution >= 0.6 is 27.5 Å². The average molecular weight is 492 g/mol. The summed E-state index contributed by atoms with van der Waals surface area (Å²) in [5, 5.41) is 0.943. The molecule has 2 aromatic carbocycles. The Bertz CT molecular complexity index is 1150. The number of carbonyl (C=O) groups excluding carboxylic acids is 1. The highest BCUT2D eigenvalue weighted by molar-refractivity contribution is 9.10. The number of hydrogen-bond acceptors (Lipinski definition) is 4. The molecular formula is C22H24BrClN4O2. The van der Waals surface area contributed by atoms with Gasteiger partial charge in [0.25, 0.3) is 11.5 Å². The maximum atomic E-state index is 13.4. The normalized spacial score (nSPS) is 12.4. The second-order valence-corrected chi connectivity index (χ2v) is 8.84. The Labute approximate surface area is 189 Å². The van der Waals surface area contributed by atoms with E-state index in [0.717, 1.165) is 4.47 Å². The van der Waals surface area contributed by atoms with Gasteiger partial charge in [-0.25, -0.2) is 4.98 Å². The van der Waals surface area contributed by atoms with E-state index in [1.165, 1.54) is 4.57 Å². The summed E-state index contributed by atoms with van der Waals surface area (Å²) in [5.41, 5.74) is 0.950. The minimum Gasteiger partial charge on any atom is -0.327 e. The van der Waals surface area contributed by atoms with Crippen molar-refractivity contribution < 1.29 is 4.79 Å². The maximum Gasteiger partial charge on any atom is 0.261 e. The second-order valence-electron chi connectivity index (χ2n) is 7.48. The molecule has 0 saturated heterocycles. The van der Waals surface area contributed by atoms with E-state index in [1.54, 1.807) is 42.3 Å². The number of likely N-dealkylation sites (N-methyl/N-ethyl adjacent to an activating group) is 1. The smallest absolute Gasteiger partial charge is 0.261 e. The summed E-state index contributed by atoms with van der Waals surface area (Å²) < 4.78 is 2.34. The molecule has 1 atom stereocenters. The van der Waals surface area contributed by atoms with Crippen molar-refractivity contribution in [1.82, 2.24) is 19.4 Å². The third kappa shape index (κ3) is 4.74. The van der Waals surface area contributed by atoms with E-state index in [-0.39, 0.29) is 11.5 Å². The molecule has 0 aliphatic carbocycles. The van der Waals surface area contributed by atoms with Crippen molar-refractivity contribution in [3.8, 4) is 0 Å². The van der Waals surface area contributed by atoms with Crippen molar-refractivity contribution in [2.24, 2.45) is 7.05 Å². The van der Waals surface area contributed by atoms with Crippen LogP contribution in [0.2, 0.25) is 5.02 Å². The van der Waals surface area contributed by atoms with Gasteiger partial charge in [0.05, 0.1) is 16.9 Å². The van der Waals surface area contributed by atoms with Crippen LogP contribution in [0.4, 0.5) is 0 Å². The lowest BCUT2D eigenvalue weighted by Crippen LogP contribution is -2.40. The van der Waals surface area contributed by atoms with E-state index < -0.39 is 6.04 Å². The van der Waals surface area contributed by atoms with Crippen LogP contribution < -0.4 is 5.56 Å². The molecule has 0 bridgehead atoms. The first kappa shape index (κ1) is 22.5. The Hall–Kier alpha value is -2.22. The minimum absolute atomic E-state index is 0.115. The van der Waals surface area contributed by atoms with Gasteiger partial charge in [0.2, 0.25) is 0 Å². The number of amides is 1. The van der Waals surface area contributed by atoms with Crippen LogP contribution in [0.25, 0.3) is 10.9 Å². The van der Waals surface area contributed by atoms with Crippen LogP contribution in [0.5, 0.6) is 0 Å². The van der Waals surface area contributed by atoms with Gasteiger partial charge in [0.1, 0.15) is 5.82 Å². The molecule has 0 aliphatic rings. The molecule has 0 saturated carbocycles. The molecule has 1 unspecified atom stereocenters. The molecule has 3 rings (SSSR count). The van der Waals surface area contributed by atoms with Crippen LogP contribution in [-0.4, -0.2) is 52.4 Å². The third-order valence-electron chi connectivity index (χ3n) is 5.03. The molecule has 30 heavy (non-hydrogen) atoms. The number of carbonyl (C=O) groups is 1. The fourth-order valence-corrected chi connectivity index (χ4v) is 3.91. The van der Waals surface area contributed by atoms with E-state index in [0.29, 0.717) is 40.4 Å². The molecular weight excluding hydrogens is 468 g/mol. The summed E-state index contributed by atoms with van der Waals surface area (Å²) in [7, 11) is 5.59. The van der Waals surface area contributed by atoms with Crippen molar-refractivity contribution in [3.05, 3.63) is 73.7 Å². The molecule has 0 fully saturated rings. The average Bonchev–Trinajstić information content (AvgIpc) is 2.70. The number of hydrogen-bond donors (Lipinski definition) is 0. The fraction of sp³-hybridized carbons (Fsp3) is 0.318. The highest BCUT2D eigenvalue weighted by Crippen LogP contribution is 2.23. The standard InChI is InChI=1S/C22H24BrClN4O2/c1-14(20-25-19-9-8-17(24)13-18(19)22(30)27(20)4)28(11-10-26(2)3)21(29)15-6-5-7-16(23)12-15/h5-9,12-14H,10-11H2,1-4H3. The minimum atomic E-state index is -0.408. The lowest BCUT2D eigenvalue weighted by molar-refractivity contribution is 0.0666. The van der Waals surface area contributed by atoms with E-state index in [1.807, 2.05) is 38.1 Å². The van der Waals surface area contributed by atoms with Crippen molar-refractivity contribution in [2.75, 3.05) is 27.2 Å². The first-order valence-electron chi connectivity index (χ1n) is 9.56. The molecule has 1 aromatic heterocycles. The van der Waals surface area contributed by atoms with Gasteiger partial charge in [-0.3, -0.25) is 14.2 Å². The van der Waals surface area contributed by atoms with Crippen molar-refractivity contribution in [1.29, 1.82) is 0 Å². The topological polar surface area (TPSA) is 58.4 Å². The summed E-state index contributed by atoms with van der Waals surface area (Å²) in [4.78, 5) is 34.8. The predicted octanol–water partition coefficient (Wildman–Crippen LogP) is 4.11. The van der Waals surface area contributed by atoms with Crippen molar-refractivity contribution in [3.63, 3.8) is 0 Å². The molecule has 6 nitrogen and oxygen atoms in total. The number of nitrogens with zero attached hydrogens (tertiary/aromatic N) is 4. The number of halogens is 2. The first-order chi connectivity index (χ1) is 14.2. The van der Waals surface area contributed by atoms with Gasteiger partial charge >= 0.3 is 0 Å². The molecule has 1 amide bonds. The van der Waals surface area contributed by atoms with Gasteiger partial charge in [-0.1, -0.05) is 33.6 Å². The van der Waals surface area contributed by atoms with Crippen LogP contribution in [0.3, 0.4) is 0 Å². The SMILES string of the molecule is CC(c1nc2ccc(Cl)cc2c(=O)n1C)N(CCN(C)C)C(=O)c1cccc(Br)c1. The molecule has 8 heteroatoms. The lowest BCUT2D eigenvalue weighted by Gasteiger charge is -2.31. The Kier molecular flexibility index (Phi) is 6.95. The molecule has 3 aromatic rings. The van der Waals surface area contributed by atoms with E-state index >= 15 is 0 Å². The Morgan fingerprint density at radius 3 is 2.60 bits per heavy atom. The Balaban J connectivity index is 2.07. The van der Waals surface area contributed by atoms with Crippen LogP contribution in [0.1, 0.15) is 29.1 Å². The van der Waals surface area contributed by atoms with Crippen molar-refractivity contribution >= 4 is 44.3 Å². The Morgan fingerprint density at radius 2 is 1.93 bits per heavy atom. The zero-order valence-corrected chi connectivity index (χ0v) is 19.7. The number of rotatable bonds is 6. The maximum absolute atomic E-state index is 13.4. The number of fused-ring (bicyclic) bond motifs is 1. The third-order valence-corrected chi connectivity index (χ3v) is 5.76. The summed E-state index contributed by atoms with van der Waals surface area (Å²) in [5.74, 6) is 0.410. The first-order valence-corrected chi connectivity index (χ1v) is 10.7. The fourth-order valence-electron chi connectivity index (χ4n) is 3.34. The monoisotopic (exact) mass is 490 g/mol. The van der Waals surface area contributed by atoms with Crippen LogP contribution in [0, 0.1) is 0 Å². The number of aromatic nitrogens is 2. The van der Waals surface area contributed by atoms with Gasteiger partial charge in [-0.2, -0.15) is 0 Å². The Morgan fingerprint density at radius 1 is 1.20 bits per heavy atom. The zero-order valence-electron chi connectivity index (χ0n) is 17.4. The second kappa shape index (κ2) is 9.29. The summed E-state index contributed by atoms with van der Waals surface area (Å²) in [6.45, 7) is 3.07. The van der Waals surface area contributed by atoms with E-state index in [9.17, 15) is 9.59 Å². The zero-order chi connectivity index (χ0) is 22.0. The molecule has 1 heterocycles. The van der Waals surface area contributed by atoms with Gasteiger partial charge in [0.15, 0.2) is 0 Å². The largest absolute Gasteiger partial charge is 0.327 e. The van der Waals surface area contributed by atoms with E-state index in [2.05, 4.69) is 15.9 Å². The molecule has 0 radical (unpaired) electrons. The number of benzene rings is 2.